The van der Waals surface area contributed by atoms with Gasteiger partial charge in [0.2, 0.25) is 0 Å². The van der Waals surface area contributed by atoms with Crippen LogP contribution in [0.4, 0.5) is 10.1 Å². The lowest BCUT2D eigenvalue weighted by Gasteiger charge is -2.35. The van der Waals surface area contributed by atoms with Crippen molar-refractivity contribution in [3.8, 4) is 11.1 Å². The van der Waals surface area contributed by atoms with Crippen molar-refractivity contribution in [2.24, 2.45) is 0 Å². The van der Waals surface area contributed by atoms with Gasteiger partial charge >= 0.3 is 5.97 Å². The maximum atomic E-state index is 13.6. The van der Waals surface area contributed by atoms with Crippen LogP contribution < -0.4 is 4.90 Å². The van der Waals surface area contributed by atoms with E-state index in [1.165, 1.54) is 12.1 Å². The molecule has 1 N–H and O–H groups in total. The van der Waals surface area contributed by atoms with Gasteiger partial charge in [-0.1, -0.05) is 12.1 Å². The Morgan fingerprint density at radius 1 is 1.17 bits per heavy atom. The standard InChI is InChI=1S/C24H28FN3O2/c1-15-13-20-22(17-5-7-18(25)8-6-17)19(14-21(29)30)16(2)23-24(20)28(15)12-11-27(23)10-9-26(3)4/h5-8,13H,9-12,14H2,1-4H3,(H,29,30). The number of aryl methyl sites for hydroxylation is 1. The number of rotatable bonds is 6. The van der Waals surface area contributed by atoms with Crippen LogP contribution in [0.2, 0.25) is 0 Å². The molecule has 0 amide bonds. The lowest BCUT2D eigenvalue weighted by molar-refractivity contribution is -0.136. The highest BCUT2D eigenvalue weighted by Gasteiger charge is 2.28. The summed E-state index contributed by atoms with van der Waals surface area (Å²) in [5, 5.41) is 10.7. The minimum absolute atomic E-state index is 0.0623. The van der Waals surface area contributed by atoms with E-state index in [-0.39, 0.29) is 12.2 Å². The second-order valence-corrected chi connectivity index (χ2v) is 8.39. The number of carbonyl (C=O) groups is 1. The van der Waals surface area contributed by atoms with Crippen molar-refractivity contribution in [2.75, 3.05) is 38.6 Å². The second kappa shape index (κ2) is 7.76. The van der Waals surface area contributed by atoms with Gasteiger partial charge in [0.15, 0.2) is 0 Å². The van der Waals surface area contributed by atoms with Crippen LogP contribution in [0.1, 0.15) is 16.8 Å². The molecule has 0 fully saturated rings. The van der Waals surface area contributed by atoms with Crippen LogP contribution in [-0.4, -0.2) is 54.3 Å². The number of benzene rings is 2. The minimum Gasteiger partial charge on any atom is -0.481 e. The first-order valence-electron chi connectivity index (χ1n) is 10.3. The van der Waals surface area contributed by atoms with E-state index in [9.17, 15) is 14.3 Å². The molecular formula is C24H28FN3O2. The molecule has 0 unspecified atom stereocenters. The Morgan fingerprint density at radius 2 is 1.87 bits per heavy atom. The summed E-state index contributed by atoms with van der Waals surface area (Å²) in [7, 11) is 4.12. The molecule has 2 heterocycles. The molecule has 0 aliphatic carbocycles. The normalized spacial score (nSPS) is 13.5. The number of hydrogen-bond acceptors (Lipinski definition) is 3. The third-order valence-electron chi connectivity index (χ3n) is 6.10. The number of halogens is 1. The molecule has 3 aromatic rings. The summed E-state index contributed by atoms with van der Waals surface area (Å²) < 4.78 is 15.9. The number of carboxylic acid groups (broad SMARTS) is 1. The average molecular weight is 410 g/mol. The van der Waals surface area contributed by atoms with Gasteiger partial charge in [0.25, 0.3) is 0 Å². The van der Waals surface area contributed by atoms with Crippen LogP contribution in [0, 0.1) is 19.7 Å². The number of aliphatic carboxylic acids is 1. The molecule has 0 radical (unpaired) electrons. The fraction of sp³-hybridized carbons (Fsp3) is 0.375. The zero-order valence-corrected chi connectivity index (χ0v) is 18.0. The highest BCUT2D eigenvalue weighted by Crippen LogP contribution is 2.44. The molecule has 1 aliphatic heterocycles. The summed E-state index contributed by atoms with van der Waals surface area (Å²) in [6, 6.07) is 8.52. The van der Waals surface area contributed by atoms with Gasteiger partial charge in [-0.05, 0) is 68.4 Å². The van der Waals surface area contributed by atoms with Crippen LogP contribution in [0.25, 0.3) is 22.0 Å². The minimum atomic E-state index is -0.861. The van der Waals surface area contributed by atoms with Crippen LogP contribution in [-0.2, 0) is 17.8 Å². The van der Waals surface area contributed by atoms with E-state index in [0.29, 0.717) is 0 Å². The lowest BCUT2D eigenvalue weighted by Crippen LogP contribution is -2.37. The fourth-order valence-electron chi connectivity index (χ4n) is 4.66. The van der Waals surface area contributed by atoms with E-state index in [0.717, 1.165) is 70.7 Å². The summed E-state index contributed by atoms with van der Waals surface area (Å²) >= 11 is 0. The first-order valence-corrected chi connectivity index (χ1v) is 10.3. The van der Waals surface area contributed by atoms with Gasteiger partial charge in [0, 0.05) is 37.3 Å². The van der Waals surface area contributed by atoms with Crippen molar-refractivity contribution in [1.82, 2.24) is 9.47 Å². The van der Waals surface area contributed by atoms with Crippen molar-refractivity contribution in [1.29, 1.82) is 0 Å². The van der Waals surface area contributed by atoms with E-state index in [1.54, 1.807) is 12.1 Å². The van der Waals surface area contributed by atoms with Crippen molar-refractivity contribution in [3.05, 3.63) is 53.0 Å². The molecule has 4 rings (SSSR count). The first-order chi connectivity index (χ1) is 14.3. The SMILES string of the molecule is Cc1c(CC(=O)O)c(-c2ccc(F)cc2)c2cc(C)n3c2c1N(CCN(C)C)CC3. The molecule has 0 bridgehead atoms. The van der Waals surface area contributed by atoms with Gasteiger partial charge in [-0.25, -0.2) is 4.39 Å². The van der Waals surface area contributed by atoms with Gasteiger partial charge < -0.3 is 19.5 Å². The maximum Gasteiger partial charge on any atom is 0.307 e. The summed E-state index contributed by atoms with van der Waals surface area (Å²) in [6.07, 6.45) is -0.0623. The zero-order chi connectivity index (χ0) is 21.6. The van der Waals surface area contributed by atoms with Gasteiger partial charge in [-0.2, -0.15) is 0 Å². The third kappa shape index (κ3) is 3.45. The Morgan fingerprint density at radius 3 is 2.50 bits per heavy atom. The monoisotopic (exact) mass is 409 g/mol. The van der Waals surface area contributed by atoms with Gasteiger partial charge in [-0.3, -0.25) is 4.79 Å². The Balaban J connectivity index is 2.03. The van der Waals surface area contributed by atoms with Gasteiger partial charge in [0.05, 0.1) is 17.6 Å². The fourth-order valence-corrected chi connectivity index (χ4v) is 4.66. The Bertz CT molecular complexity index is 1120. The maximum absolute atomic E-state index is 13.6. The molecule has 0 saturated carbocycles. The van der Waals surface area contributed by atoms with Crippen molar-refractivity contribution < 1.29 is 14.3 Å². The molecule has 6 heteroatoms. The highest BCUT2D eigenvalue weighted by atomic mass is 19.1. The predicted molar refractivity (Wildman–Crippen MR) is 119 cm³/mol. The average Bonchev–Trinajstić information content (AvgIpc) is 3.02. The largest absolute Gasteiger partial charge is 0.481 e. The molecule has 0 spiro atoms. The molecule has 5 nitrogen and oxygen atoms in total. The van der Waals surface area contributed by atoms with Crippen molar-refractivity contribution in [2.45, 2.75) is 26.8 Å². The van der Waals surface area contributed by atoms with E-state index in [2.05, 4.69) is 41.5 Å². The molecule has 30 heavy (non-hydrogen) atoms. The van der Waals surface area contributed by atoms with Crippen LogP contribution in [0.3, 0.4) is 0 Å². The number of hydrogen-bond donors (Lipinski definition) is 1. The van der Waals surface area contributed by atoms with Crippen molar-refractivity contribution in [3.63, 3.8) is 0 Å². The van der Waals surface area contributed by atoms with E-state index < -0.39 is 5.97 Å². The Hall–Kier alpha value is -2.86. The topological polar surface area (TPSA) is 48.7 Å². The number of anilines is 1. The molecule has 0 atom stereocenters. The lowest BCUT2D eigenvalue weighted by atomic mass is 9.88. The van der Waals surface area contributed by atoms with Crippen LogP contribution in [0.5, 0.6) is 0 Å². The Kier molecular flexibility index (Phi) is 5.28. The molecule has 158 valence electrons. The summed E-state index contributed by atoms with van der Waals surface area (Å²) in [6.45, 7) is 7.73. The number of aromatic nitrogens is 1. The summed E-state index contributed by atoms with van der Waals surface area (Å²) in [5.74, 6) is -1.16. The third-order valence-corrected chi connectivity index (χ3v) is 6.10. The molecule has 1 aromatic heterocycles. The first kappa shape index (κ1) is 20.4. The number of carboxylic acids is 1. The van der Waals surface area contributed by atoms with Crippen molar-refractivity contribution >= 4 is 22.6 Å². The highest BCUT2D eigenvalue weighted by molar-refractivity contribution is 6.07. The number of likely N-dealkylation sites (N-methyl/N-ethyl adjacent to an activating group) is 1. The van der Waals surface area contributed by atoms with Gasteiger partial charge in [0.1, 0.15) is 5.82 Å². The number of nitrogens with zero attached hydrogens (tertiary/aromatic N) is 3. The van der Waals surface area contributed by atoms with Crippen LogP contribution in [0.15, 0.2) is 30.3 Å². The van der Waals surface area contributed by atoms with Gasteiger partial charge in [-0.15, -0.1) is 0 Å². The van der Waals surface area contributed by atoms with Crippen LogP contribution >= 0.6 is 0 Å². The molecular weight excluding hydrogens is 381 g/mol. The summed E-state index contributed by atoms with van der Waals surface area (Å²) in [4.78, 5) is 16.3. The van der Waals surface area contributed by atoms with E-state index in [4.69, 9.17) is 0 Å². The quantitative estimate of drug-likeness (QED) is 0.667. The predicted octanol–water partition coefficient (Wildman–Crippen LogP) is 4.07. The summed E-state index contributed by atoms with van der Waals surface area (Å²) in [5.41, 5.74) is 7.02. The zero-order valence-electron chi connectivity index (χ0n) is 18.0. The Labute approximate surface area is 176 Å². The molecule has 0 saturated heterocycles. The molecule has 2 aromatic carbocycles. The second-order valence-electron chi connectivity index (χ2n) is 8.39. The molecule has 1 aliphatic rings. The van der Waals surface area contributed by atoms with E-state index >= 15 is 0 Å². The van der Waals surface area contributed by atoms with E-state index in [1.807, 2.05) is 6.92 Å². The smallest absolute Gasteiger partial charge is 0.307 e.